The maximum Gasteiger partial charge on any atom is 0.242 e. The molecule has 112 valence electrons. The summed E-state index contributed by atoms with van der Waals surface area (Å²) in [6.45, 7) is 2.52. The molecule has 1 aliphatic heterocycles. The Balaban J connectivity index is 2.15. The molecule has 20 heavy (non-hydrogen) atoms. The fourth-order valence-corrected chi connectivity index (χ4v) is 3.75. The Bertz CT molecular complexity index is 560. The van der Waals surface area contributed by atoms with Crippen molar-refractivity contribution in [2.75, 3.05) is 25.5 Å². The fourth-order valence-electron chi connectivity index (χ4n) is 2.27. The first-order valence-electron chi connectivity index (χ1n) is 6.49. The third-order valence-corrected chi connectivity index (χ3v) is 5.15. The lowest BCUT2D eigenvalue weighted by molar-refractivity contribution is -0.0588. The molecule has 2 rings (SSSR count). The number of benzene rings is 1. The number of nitrogens with one attached hydrogen (secondary N) is 1. The maximum absolute atomic E-state index is 12.3. The highest BCUT2D eigenvalue weighted by Crippen LogP contribution is 2.24. The van der Waals surface area contributed by atoms with Gasteiger partial charge in [-0.25, -0.2) is 13.1 Å². The first-order valence-corrected chi connectivity index (χ1v) is 7.97. The summed E-state index contributed by atoms with van der Waals surface area (Å²) in [5.74, 6) is 0. The average Bonchev–Trinajstić information content (AvgIpc) is 2.37. The van der Waals surface area contributed by atoms with Gasteiger partial charge in [0.15, 0.2) is 0 Å². The van der Waals surface area contributed by atoms with Gasteiger partial charge in [0.2, 0.25) is 10.0 Å². The third-order valence-electron chi connectivity index (χ3n) is 3.53. The van der Waals surface area contributed by atoms with Gasteiger partial charge in [0.05, 0.1) is 11.3 Å². The zero-order valence-electron chi connectivity index (χ0n) is 11.4. The summed E-state index contributed by atoms with van der Waals surface area (Å²) in [4.78, 5) is 0.0793. The number of nitrogen functional groups attached to an aromatic ring is 1. The van der Waals surface area contributed by atoms with E-state index in [2.05, 4.69) is 4.72 Å². The second kappa shape index (κ2) is 5.69. The molecule has 1 heterocycles. The van der Waals surface area contributed by atoms with Crippen molar-refractivity contribution in [2.24, 2.45) is 0 Å². The number of rotatable bonds is 4. The number of anilines is 1. The Kier molecular flexibility index (Phi) is 4.33. The lowest BCUT2D eigenvalue weighted by Crippen LogP contribution is -2.46. The van der Waals surface area contributed by atoms with Gasteiger partial charge in [0, 0.05) is 32.6 Å². The molecule has 1 saturated heterocycles. The highest BCUT2D eigenvalue weighted by atomic mass is 32.2. The Hall–Kier alpha value is -1.15. The molecule has 7 heteroatoms. The smallest absolute Gasteiger partial charge is 0.242 e. The number of nitrogens with two attached hydrogens (primary N) is 1. The van der Waals surface area contributed by atoms with Gasteiger partial charge < -0.3 is 15.6 Å². The number of hydrogen-bond acceptors (Lipinski definition) is 5. The van der Waals surface area contributed by atoms with E-state index in [9.17, 15) is 13.5 Å². The Morgan fingerprint density at radius 2 is 2.05 bits per heavy atom. The van der Waals surface area contributed by atoms with Crippen molar-refractivity contribution in [1.29, 1.82) is 0 Å². The Labute approximate surface area is 119 Å². The molecule has 0 bridgehead atoms. The van der Waals surface area contributed by atoms with E-state index in [1.165, 1.54) is 0 Å². The predicted molar refractivity (Wildman–Crippen MR) is 75.8 cm³/mol. The van der Waals surface area contributed by atoms with Crippen LogP contribution in [-0.2, 0) is 14.8 Å². The first kappa shape index (κ1) is 15.2. The van der Waals surface area contributed by atoms with Crippen LogP contribution in [0, 0.1) is 6.92 Å². The average molecular weight is 300 g/mol. The minimum absolute atomic E-state index is 0.0353. The molecule has 0 atom stereocenters. The second-order valence-electron chi connectivity index (χ2n) is 5.15. The highest BCUT2D eigenvalue weighted by Gasteiger charge is 2.32. The summed E-state index contributed by atoms with van der Waals surface area (Å²) in [5, 5.41) is 10.3. The Morgan fingerprint density at radius 3 is 2.65 bits per heavy atom. The van der Waals surface area contributed by atoms with Crippen LogP contribution in [-0.4, -0.2) is 38.9 Å². The standard InChI is InChI=1S/C13H20N2O4S/c1-10-3-2-4-11(14)12(10)20(17,18)15-9-13(16)5-7-19-8-6-13/h2-4,15-16H,5-9,14H2,1H3. The molecule has 0 saturated carbocycles. The van der Waals surface area contributed by atoms with E-state index < -0.39 is 15.6 Å². The fraction of sp³-hybridized carbons (Fsp3) is 0.538. The van der Waals surface area contributed by atoms with Crippen LogP contribution in [0.15, 0.2) is 23.1 Å². The van der Waals surface area contributed by atoms with Crippen LogP contribution in [0.1, 0.15) is 18.4 Å². The Morgan fingerprint density at radius 1 is 1.40 bits per heavy atom. The van der Waals surface area contributed by atoms with Gasteiger partial charge in [-0.2, -0.15) is 0 Å². The molecule has 0 aromatic heterocycles. The molecule has 0 spiro atoms. The minimum Gasteiger partial charge on any atom is -0.398 e. The molecule has 1 aromatic rings. The molecular formula is C13H20N2O4S. The molecule has 1 aromatic carbocycles. The van der Waals surface area contributed by atoms with Gasteiger partial charge >= 0.3 is 0 Å². The van der Waals surface area contributed by atoms with E-state index in [0.717, 1.165) is 0 Å². The van der Waals surface area contributed by atoms with Crippen molar-refractivity contribution in [1.82, 2.24) is 4.72 Å². The van der Waals surface area contributed by atoms with Crippen molar-refractivity contribution in [3.05, 3.63) is 23.8 Å². The summed E-state index contributed by atoms with van der Waals surface area (Å²) in [5.41, 5.74) is 5.48. The molecule has 1 aliphatic rings. The van der Waals surface area contributed by atoms with Crippen molar-refractivity contribution >= 4 is 15.7 Å². The van der Waals surface area contributed by atoms with Crippen LogP contribution in [0.25, 0.3) is 0 Å². The van der Waals surface area contributed by atoms with Crippen molar-refractivity contribution in [3.8, 4) is 0 Å². The van der Waals surface area contributed by atoms with Gasteiger partial charge in [-0.1, -0.05) is 12.1 Å². The highest BCUT2D eigenvalue weighted by molar-refractivity contribution is 7.89. The minimum atomic E-state index is -3.73. The van der Waals surface area contributed by atoms with Gasteiger partial charge in [-0.15, -0.1) is 0 Å². The van der Waals surface area contributed by atoms with E-state index in [1.807, 2.05) is 0 Å². The summed E-state index contributed by atoms with van der Waals surface area (Å²) >= 11 is 0. The van der Waals surface area contributed by atoms with Crippen LogP contribution in [0.2, 0.25) is 0 Å². The molecule has 6 nitrogen and oxygen atoms in total. The van der Waals surface area contributed by atoms with Crippen LogP contribution in [0.3, 0.4) is 0 Å². The molecule has 0 aliphatic carbocycles. The summed E-state index contributed by atoms with van der Waals surface area (Å²) in [7, 11) is -3.73. The number of sulfonamides is 1. The van der Waals surface area contributed by atoms with E-state index in [1.54, 1.807) is 25.1 Å². The zero-order valence-corrected chi connectivity index (χ0v) is 12.2. The topological polar surface area (TPSA) is 102 Å². The number of ether oxygens (including phenoxy) is 1. The lowest BCUT2D eigenvalue weighted by atomic mass is 9.95. The predicted octanol–water partition coefficient (Wildman–Crippen LogP) is 0.397. The second-order valence-corrected chi connectivity index (χ2v) is 6.86. The van der Waals surface area contributed by atoms with Crippen molar-refractivity contribution < 1.29 is 18.3 Å². The normalized spacial score (nSPS) is 18.9. The summed E-state index contributed by atoms with van der Waals surface area (Å²) in [6.07, 6.45) is 0.831. The molecule has 0 amide bonds. The number of aliphatic hydroxyl groups is 1. The molecule has 4 N–H and O–H groups in total. The van der Waals surface area contributed by atoms with Gasteiger partial charge in [-0.3, -0.25) is 0 Å². The van der Waals surface area contributed by atoms with E-state index in [0.29, 0.717) is 31.6 Å². The molecule has 0 radical (unpaired) electrons. The largest absolute Gasteiger partial charge is 0.398 e. The quantitative estimate of drug-likeness (QED) is 0.699. The number of hydrogen-bond donors (Lipinski definition) is 3. The van der Waals surface area contributed by atoms with Crippen LogP contribution in [0.4, 0.5) is 5.69 Å². The third kappa shape index (κ3) is 3.29. The SMILES string of the molecule is Cc1cccc(N)c1S(=O)(=O)NCC1(O)CCOCC1. The van der Waals surface area contributed by atoms with E-state index in [-0.39, 0.29) is 17.1 Å². The lowest BCUT2D eigenvalue weighted by Gasteiger charge is -2.32. The first-order chi connectivity index (χ1) is 9.34. The molecule has 1 fully saturated rings. The maximum atomic E-state index is 12.3. The van der Waals surface area contributed by atoms with E-state index >= 15 is 0 Å². The summed E-state index contributed by atoms with van der Waals surface area (Å²) in [6, 6.07) is 4.94. The monoisotopic (exact) mass is 300 g/mol. The van der Waals surface area contributed by atoms with Gasteiger partial charge in [0.1, 0.15) is 4.90 Å². The van der Waals surface area contributed by atoms with Crippen LogP contribution >= 0.6 is 0 Å². The van der Waals surface area contributed by atoms with Crippen molar-refractivity contribution in [2.45, 2.75) is 30.3 Å². The molecule has 0 unspecified atom stereocenters. The van der Waals surface area contributed by atoms with Crippen molar-refractivity contribution in [3.63, 3.8) is 0 Å². The number of aryl methyl sites for hydroxylation is 1. The van der Waals surface area contributed by atoms with Gasteiger partial charge in [-0.05, 0) is 18.6 Å². The summed E-state index contributed by atoms with van der Waals surface area (Å²) < 4.78 is 32.3. The van der Waals surface area contributed by atoms with Crippen LogP contribution in [0.5, 0.6) is 0 Å². The van der Waals surface area contributed by atoms with E-state index in [4.69, 9.17) is 10.5 Å². The van der Waals surface area contributed by atoms with Gasteiger partial charge in [0.25, 0.3) is 0 Å². The molecular weight excluding hydrogens is 280 g/mol. The zero-order chi connectivity index (χ0) is 14.8. The van der Waals surface area contributed by atoms with Crippen LogP contribution < -0.4 is 10.5 Å².